The lowest BCUT2D eigenvalue weighted by Gasteiger charge is -2.18. The predicted molar refractivity (Wildman–Crippen MR) is 118 cm³/mol. The van der Waals surface area contributed by atoms with E-state index >= 15 is 0 Å². The molecule has 1 heterocycles. The molecule has 1 N–H and O–H groups in total. The van der Waals surface area contributed by atoms with Gasteiger partial charge in [0.15, 0.2) is 0 Å². The number of carbonyl (C=O) groups excluding carboxylic acids is 3. The number of imide groups is 1. The van der Waals surface area contributed by atoms with Crippen molar-refractivity contribution in [3.05, 3.63) is 87.0 Å². The molecule has 0 atom stereocenters. The first-order chi connectivity index (χ1) is 14.0. The number of nitrogens with zero attached hydrogens (tertiary/aromatic N) is 1. The van der Waals surface area contributed by atoms with Crippen molar-refractivity contribution in [2.24, 2.45) is 0 Å². The summed E-state index contributed by atoms with van der Waals surface area (Å²) >= 11 is 2.14. The average molecular weight is 498 g/mol. The molecule has 0 spiro atoms. The molecule has 0 saturated carbocycles. The molecule has 6 nitrogen and oxygen atoms in total. The molecule has 1 aliphatic heterocycles. The molecular formula is C22H15IN2O4. The van der Waals surface area contributed by atoms with Crippen LogP contribution in [0.15, 0.2) is 66.7 Å². The second-order valence-corrected chi connectivity index (χ2v) is 7.59. The lowest BCUT2D eigenvalue weighted by molar-refractivity contribution is 0.0923. The zero-order valence-electron chi connectivity index (χ0n) is 15.3. The summed E-state index contributed by atoms with van der Waals surface area (Å²) in [5, 5.41) is 2.81. The normalized spacial score (nSPS) is 12.7. The van der Waals surface area contributed by atoms with Crippen molar-refractivity contribution in [2.45, 2.75) is 0 Å². The molecule has 0 fully saturated rings. The van der Waals surface area contributed by atoms with Gasteiger partial charge >= 0.3 is 0 Å². The van der Waals surface area contributed by atoms with Gasteiger partial charge in [0, 0.05) is 20.9 Å². The molecule has 0 aliphatic carbocycles. The molecule has 7 heteroatoms. The average Bonchev–Trinajstić information content (AvgIpc) is 2.98. The monoisotopic (exact) mass is 498 g/mol. The van der Waals surface area contributed by atoms with E-state index in [2.05, 4.69) is 27.9 Å². The molecule has 29 heavy (non-hydrogen) atoms. The summed E-state index contributed by atoms with van der Waals surface area (Å²) in [6.07, 6.45) is 0. The summed E-state index contributed by atoms with van der Waals surface area (Å²) in [6, 6.07) is 18.7. The SMILES string of the molecule is COc1cc(NC(=O)c2cccc(I)c2)ccc1N1C(=O)c2ccccc2C1=O. The van der Waals surface area contributed by atoms with E-state index in [0.29, 0.717) is 33.8 Å². The smallest absolute Gasteiger partial charge is 0.266 e. The van der Waals surface area contributed by atoms with Crippen molar-refractivity contribution >= 4 is 51.7 Å². The first kappa shape index (κ1) is 19.1. The highest BCUT2D eigenvalue weighted by atomic mass is 127. The van der Waals surface area contributed by atoms with Crippen molar-refractivity contribution in [3.63, 3.8) is 0 Å². The molecule has 4 rings (SSSR count). The van der Waals surface area contributed by atoms with Crippen molar-refractivity contribution in [3.8, 4) is 5.75 Å². The first-order valence-electron chi connectivity index (χ1n) is 8.72. The van der Waals surface area contributed by atoms with E-state index in [0.717, 1.165) is 8.47 Å². The number of nitrogens with one attached hydrogen (secondary N) is 1. The Hall–Kier alpha value is -3.20. The van der Waals surface area contributed by atoms with E-state index in [1.54, 1.807) is 54.6 Å². The number of halogens is 1. The molecule has 1 aliphatic rings. The second-order valence-electron chi connectivity index (χ2n) is 6.34. The third-order valence-electron chi connectivity index (χ3n) is 4.56. The van der Waals surface area contributed by atoms with E-state index in [1.807, 2.05) is 12.1 Å². The number of anilines is 2. The number of methoxy groups -OCH3 is 1. The van der Waals surface area contributed by atoms with Crippen molar-refractivity contribution in [1.29, 1.82) is 0 Å². The van der Waals surface area contributed by atoms with Crippen LogP contribution >= 0.6 is 22.6 Å². The fraction of sp³-hybridized carbons (Fsp3) is 0.0455. The lowest BCUT2D eigenvalue weighted by Crippen LogP contribution is -2.29. The number of hydrogen-bond donors (Lipinski definition) is 1. The van der Waals surface area contributed by atoms with Crippen molar-refractivity contribution < 1.29 is 19.1 Å². The Labute approximate surface area is 180 Å². The predicted octanol–water partition coefficient (Wildman–Crippen LogP) is 4.35. The summed E-state index contributed by atoms with van der Waals surface area (Å²) in [5.74, 6) is -0.766. The highest BCUT2D eigenvalue weighted by Gasteiger charge is 2.37. The number of amides is 3. The number of carbonyl (C=O) groups is 3. The second kappa shape index (κ2) is 7.67. The standard InChI is InChI=1S/C22H15IN2O4/c1-29-19-12-15(24-20(26)13-5-4-6-14(23)11-13)9-10-18(19)25-21(27)16-7-2-3-8-17(16)22(25)28/h2-12H,1H3,(H,24,26). The molecule has 0 aromatic heterocycles. The van der Waals surface area contributed by atoms with Gasteiger partial charge in [0.1, 0.15) is 5.75 Å². The summed E-state index contributed by atoms with van der Waals surface area (Å²) in [5.41, 5.74) is 2.06. The number of benzene rings is 3. The van der Waals surface area contributed by atoms with Gasteiger partial charge in [-0.25, -0.2) is 4.90 Å². The van der Waals surface area contributed by atoms with Crippen LogP contribution in [-0.2, 0) is 0 Å². The Morgan fingerprint density at radius 3 is 2.24 bits per heavy atom. The van der Waals surface area contributed by atoms with Crippen LogP contribution in [0.1, 0.15) is 31.1 Å². The molecule has 3 amide bonds. The lowest BCUT2D eigenvalue weighted by atomic mass is 10.1. The topological polar surface area (TPSA) is 75.7 Å². The minimum absolute atomic E-state index is 0.265. The van der Waals surface area contributed by atoms with Gasteiger partial charge < -0.3 is 10.1 Å². The van der Waals surface area contributed by atoms with E-state index in [4.69, 9.17) is 4.74 Å². The molecule has 0 bridgehead atoms. The summed E-state index contributed by atoms with van der Waals surface area (Å²) in [6.45, 7) is 0. The van der Waals surface area contributed by atoms with Gasteiger partial charge in [-0.15, -0.1) is 0 Å². The molecule has 0 unspecified atom stereocenters. The van der Waals surface area contributed by atoms with E-state index in [9.17, 15) is 14.4 Å². The number of hydrogen-bond acceptors (Lipinski definition) is 4. The number of fused-ring (bicyclic) bond motifs is 1. The van der Waals surface area contributed by atoms with Crippen LogP contribution in [0.3, 0.4) is 0 Å². The van der Waals surface area contributed by atoms with E-state index in [1.165, 1.54) is 7.11 Å². The van der Waals surface area contributed by atoms with Crippen LogP contribution in [0.2, 0.25) is 0 Å². The van der Waals surface area contributed by atoms with Gasteiger partial charge in [-0.3, -0.25) is 14.4 Å². The Morgan fingerprint density at radius 1 is 0.931 bits per heavy atom. The van der Waals surface area contributed by atoms with Crippen molar-refractivity contribution in [1.82, 2.24) is 0 Å². The first-order valence-corrected chi connectivity index (χ1v) is 9.80. The zero-order chi connectivity index (χ0) is 20.5. The van der Waals surface area contributed by atoms with Crippen LogP contribution in [0.4, 0.5) is 11.4 Å². The summed E-state index contributed by atoms with van der Waals surface area (Å²) in [7, 11) is 1.45. The quantitative estimate of drug-likeness (QED) is 0.429. The van der Waals surface area contributed by atoms with Crippen LogP contribution < -0.4 is 15.0 Å². The highest BCUT2D eigenvalue weighted by molar-refractivity contribution is 14.1. The van der Waals surface area contributed by atoms with Gasteiger partial charge in [0.25, 0.3) is 17.7 Å². The Bertz CT molecular complexity index is 1120. The third kappa shape index (κ3) is 3.49. The fourth-order valence-corrected chi connectivity index (χ4v) is 3.72. The van der Waals surface area contributed by atoms with Crippen molar-refractivity contribution in [2.75, 3.05) is 17.3 Å². The molecule has 0 saturated heterocycles. The van der Waals surface area contributed by atoms with Gasteiger partial charge in [0.2, 0.25) is 0 Å². The van der Waals surface area contributed by atoms with E-state index in [-0.39, 0.29) is 5.91 Å². The fourth-order valence-electron chi connectivity index (χ4n) is 3.18. The summed E-state index contributed by atoms with van der Waals surface area (Å²) < 4.78 is 6.35. The highest BCUT2D eigenvalue weighted by Crippen LogP contribution is 2.36. The Kier molecular flexibility index (Phi) is 5.06. The maximum Gasteiger partial charge on any atom is 0.266 e. The van der Waals surface area contributed by atoms with Crippen LogP contribution in [-0.4, -0.2) is 24.8 Å². The zero-order valence-corrected chi connectivity index (χ0v) is 17.5. The number of rotatable bonds is 4. The van der Waals surface area contributed by atoms with Crippen LogP contribution in [0.25, 0.3) is 0 Å². The molecular weight excluding hydrogens is 483 g/mol. The van der Waals surface area contributed by atoms with Crippen LogP contribution in [0, 0.1) is 3.57 Å². The molecule has 0 radical (unpaired) electrons. The van der Waals surface area contributed by atoms with E-state index < -0.39 is 11.8 Å². The Morgan fingerprint density at radius 2 is 1.62 bits per heavy atom. The van der Waals surface area contributed by atoms with Gasteiger partial charge in [-0.05, 0) is 65.1 Å². The Balaban J connectivity index is 1.64. The molecule has 3 aromatic carbocycles. The van der Waals surface area contributed by atoms with Gasteiger partial charge in [0.05, 0.1) is 23.9 Å². The minimum atomic E-state index is -0.403. The summed E-state index contributed by atoms with van der Waals surface area (Å²) in [4.78, 5) is 39.0. The molecule has 3 aromatic rings. The third-order valence-corrected chi connectivity index (χ3v) is 5.23. The van der Waals surface area contributed by atoms with Gasteiger partial charge in [-0.2, -0.15) is 0 Å². The van der Waals surface area contributed by atoms with Gasteiger partial charge in [-0.1, -0.05) is 18.2 Å². The molecule has 144 valence electrons. The number of ether oxygens (including phenoxy) is 1. The maximum absolute atomic E-state index is 12.7. The largest absolute Gasteiger partial charge is 0.494 e. The maximum atomic E-state index is 12.7. The van der Waals surface area contributed by atoms with Crippen LogP contribution in [0.5, 0.6) is 5.75 Å². The minimum Gasteiger partial charge on any atom is -0.494 e.